The quantitative estimate of drug-likeness (QED) is 0.851. The molecule has 2 heterocycles. The highest BCUT2D eigenvalue weighted by molar-refractivity contribution is 7.99. The van der Waals surface area contributed by atoms with Crippen molar-refractivity contribution in [1.29, 1.82) is 0 Å². The SMILES string of the molecule is NC1CCCC(C(=O)C2CCOC3(CCSCC3)C2)C1. The zero-order chi connectivity index (χ0) is 14.0. The van der Waals surface area contributed by atoms with Gasteiger partial charge in [0.25, 0.3) is 0 Å². The third kappa shape index (κ3) is 3.23. The van der Waals surface area contributed by atoms with E-state index < -0.39 is 0 Å². The van der Waals surface area contributed by atoms with Crippen LogP contribution in [0.2, 0.25) is 0 Å². The van der Waals surface area contributed by atoms with Gasteiger partial charge >= 0.3 is 0 Å². The van der Waals surface area contributed by atoms with Crippen LogP contribution in [0.15, 0.2) is 0 Å². The third-order valence-corrected chi connectivity index (χ3v) is 6.40. The van der Waals surface area contributed by atoms with Crippen LogP contribution >= 0.6 is 11.8 Å². The van der Waals surface area contributed by atoms with Crippen LogP contribution in [0.4, 0.5) is 0 Å². The first kappa shape index (κ1) is 14.9. The maximum absolute atomic E-state index is 12.8. The summed E-state index contributed by atoms with van der Waals surface area (Å²) in [5, 5.41) is 0. The lowest BCUT2D eigenvalue weighted by Gasteiger charge is -2.43. The monoisotopic (exact) mass is 297 g/mol. The molecule has 0 aromatic heterocycles. The van der Waals surface area contributed by atoms with Gasteiger partial charge < -0.3 is 10.5 Å². The molecule has 2 N–H and O–H groups in total. The van der Waals surface area contributed by atoms with Crippen LogP contribution in [-0.2, 0) is 9.53 Å². The molecule has 20 heavy (non-hydrogen) atoms. The minimum absolute atomic E-state index is 0.0284. The summed E-state index contributed by atoms with van der Waals surface area (Å²) >= 11 is 2.02. The molecule has 1 spiro atoms. The second-order valence-electron chi connectivity index (χ2n) is 6.86. The zero-order valence-corrected chi connectivity index (χ0v) is 13.1. The Morgan fingerprint density at radius 3 is 2.70 bits per heavy atom. The lowest BCUT2D eigenvalue weighted by molar-refractivity contribution is -0.142. The van der Waals surface area contributed by atoms with Gasteiger partial charge in [0.1, 0.15) is 5.78 Å². The summed E-state index contributed by atoms with van der Waals surface area (Å²) in [6.07, 6.45) is 8.36. The van der Waals surface area contributed by atoms with E-state index in [1.165, 1.54) is 11.5 Å². The molecule has 4 heteroatoms. The van der Waals surface area contributed by atoms with Crippen molar-refractivity contribution in [3.63, 3.8) is 0 Å². The van der Waals surface area contributed by atoms with Crippen molar-refractivity contribution in [1.82, 2.24) is 0 Å². The van der Waals surface area contributed by atoms with Gasteiger partial charge in [-0.15, -0.1) is 0 Å². The molecule has 0 aromatic carbocycles. The van der Waals surface area contributed by atoms with Crippen LogP contribution in [0.1, 0.15) is 51.4 Å². The smallest absolute Gasteiger partial charge is 0.139 e. The molecule has 3 unspecified atom stereocenters. The van der Waals surface area contributed by atoms with Gasteiger partial charge in [-0.3, -0.25) is 4.79 Å². The predicted molar refractivity (Wildman–Crippen MR) is 82.9 cm³/mol. The topological polar surface area (TPSA) is 52.3 Å². The Kier molecular flexibility index (Phi) is 4.73. The fourth-order valence-corrected chi connectivity index (χ4v) is 5.42. The fourth-order valence-electron chi connectivity index (χ4n) is 4.18. The molecular formula is C16H27NO2S. The van der Waals surface area contributed by atoms with Gasteiger partial charge in [-0.05, 0) is 56.5 Å². The summed E-state index contributed by atoms with van der Waals surface area (Å²) in [6, 6.07) is 0.248. The van der Waals surface area contributed by atoms with E-state index >= 15 is 0 Å². The number of rotatable bonds is 2. The number of carbonyl (C=O) groups excluding carboxylic acids is 1. The maximum Gasteiger partial charge on any atom is 0.139 e. The second kappa shape index (κ2) is 6.37. The zero-order valence-electron chi connectivity index (χ0n) is 12.3. The molecule has 2 saturated heterocycles. The third-order valence-electron chi connectivity index (χ3n) is 5.42. The van der Waals surface area contributed by atoms with E-state index in [1.54, 1.807) is 0 Å². The van der Waals surface area contributed by atoms with Gasteiger partial charge in [-0.2, -0.15) is 11.8 Å². The number of hydrogen-bond acceptors (Lipinski definition) is 4. The van der Waals surface area contributed by atoms with E-state index in [2.05, 4.69) is 0 Å². The van der Waals surface area contributed by atoms with Crippen LogP contribution in [-0.4, -0.2) is 35.5 Å². The lowest BCUT2D eigenvalue weighted by Crippen LogP contribution is -2.46. The molecule has 3 aliphatic rings. The summed E-state index contributed by atoms with van der Waals surface area (Å²) in [5.41, 5.74) is 6.08. The van der Waals surface area contributed by atoms with Crippen molar-refractivity contribution in [2.24, 2.45) is 17.6 Å². The van der Waals surface area contributed by atoms with E-state index in [9.17, 15) is 4.79 Å². The first-order valence-electron chi connectivity index (χ1n) is 8.20. The minimum atomic E-state index is 0.0284. The first-order chi connectivity index (χ1) is 9.69. The Morgan fingerprint density at radius 1 is 1.15 bits per heavy atom. The second-order valence-corrected chi connectivity index (χ2v) is 8.08. The Bertz CT molecular complexity index is 349. The summed E-state index contributed by atoms with van der Waals surface area (Å²) in [7, 11) is 0. The van der Waals surface area contributed by atoms with Crippen molar-refractivity contribution in [3.05, 3.63) is 0 Å². The van der Waals surface area contributed by atoms with Crippen molar-refractivity contribution in [3.8, 4) is 0 Å². The van der Waals surface area contributed by atoms with Crippen molar-refractivity contribution >= 4 is 17.5 Å². The lowest BCUT2D eigenvalue weighted by atomic mass is 9.73. The fraction of sp³-hybridized carbons (Fsp3) is 0.938. The van der Waals surface area contributed by atoms with E-state index in [4.69, 9.17) is 10.5 Å². The van der Waals surface area contributed by atoms with E-state index in [0.29, 0.717) is 5.78 Å². The molecule has 0 aromatic rings. The molecule has 0 amide bonds. The number of carbonyl (C=O) groups is 1. The molecule has 0 radical (unpaired) electrons. The van der Waals surface area contributed by atoms with Crippen LogP contribution in [0.5, 0.6) is 0 Å². The Morgan fingerprint density at radius 2 is 1.95 bits per heavy atom. The number of hydrogen-bond donors (Lipinski definition) is 1. The molecule has 1 aliphatic carbocycles. The van der Waals surface area contributed by atoms with Gasteiger partial charge in [0.15, 0.2) is 0 Å². The van der Waals surface area contributed by atoms with Crippen molar-refractivity contribution < 1.29 is 9.53 Å². The molecule has 2 aliphatic heterocycles. The van der Waals surface area contributed by atoms with Gasteiger partial charge in [0, 0.05) is 24.5 Å². The van der Waals surface area contributed by atoms with Gasteiger partial charge in [0.2, 0.25) is 0 Å². The summed E-state index contributed by atoms with van der Waals surface area (Å²) in [6.45, 7) is 0.778. The normalized spacial score (nSPS) is 37.8. The summed E-state index contributed by atoms with van der Waals surface area (Å²) in [5.74, 6) is 3.35. The standard InChI is InChI=1S/C16H27NO2S/c17-14-3-1-2-12(10-14)15(18)13-4-7-19-16(11-13)5-8-20-9-6-16/h12-14H,1-11,17H2. The Labute approximate surface area is 126 Å². The first-order valence-corrected chi connectivity index (χ1v) is 9.35. The molecule has 114 valence electrons. The number of nitrogens with two attached hydrogens (primary N) is 1. The number of Topliss-reactive ketones (excluding diaryl/α,β-unsaturated/α-hetero) is 1. The van der Waals surface area contributed by atoms with Crippen LogP contribution < -0.4 is 5.73 Å². The molecule has 3 rings (SSSR count). The average Bonchev–Trinajstić information content (AvgIpc) is 2.47. The van der Waals surface area contributed by atoms with Crippen molar-refractivity contribution in [2.75, 3.05) is 18.1 Å². The highest BCUT2D eigenvalue weighted by Crippen LogP contribution is 2.41. The van der Waals surface area contributed by atoms with Gasteiger partial charge in [-0.25, -0.2) is 0 Å². The van der Waals surface area contributed by atoms with Crippen LogP contribution in [0.3, 0.4) is 0 Å². The average molecular weight is 297 g/mol. The van der Waals surface area contributed by atoms with Crippen molar-refractivity contribution in [2.45, 2.75) is 63.0 Å². The molecule has 3 nitrogen and oxygen atoms in total. The number of ketones is 1. The maximum atomic E-state index is 12.8. The molecular weight excluding hydrogens is 270 g/mol. The van der Waals surface area contributed by atoms with Gasteiger partial charge in [-0.1, -0.05) is 6.42 Å². The van der Waals surface area contributed by atoms with Gasteiger partial charge in [0.05, 0.1) is 5.60 Å². The van der Waals surface area contributed by atoms with Crippen LogP contribution in [0, 0.1) is 11.8 Å². The predicted octanol–water partition coefficient (Wildman–Crippen LogP) is 2.77. The molecule has 3 fully saturated rings. The Hall–Kier alpha value is -0.0600. The summed E-state index contributed by atoms with van der Waals surface area (Å²) in [4.78, 5) is 12.8. The van der Waals surface area contributed by atoms with E-state index in [1.807, 2.05) is 11.8 Å². The largest absolute Gasteiger partial charge is 0.375 e. The summed E-state index contributed by atoms with van der Waals surface area (Å²) < 4.78 is 6.11. The Balaban J connectivity index is 1.62. The van der Waals surface area contributed by atoms with Crippen LogP contribution in [0.25, 0.3) is 0 Å². The number of ether oxygens (including phenoxy) is 1. The molecule has 1 saturated carbocycles. The molecule has 3 atom stereocenters. The minimum Gasteiger partial charge on any atom is -0.375 e. The van der Waals surface area contributed by atoms with E-state index in [0.717, 1.165) is 58.0 Å². The number of thioether (sulfide) groups is 1. The molecule has 0 bridgehead atoms. The van der Waals surface area contributed by atoms with E-state index in [-0.39, 0.29) is 23.5 Å². The highest BCUT2D eigenvalue weighted by Gasteiger charge is 2.42. The highest BCUT2D eigenvalue weighted by atomic mass is 32.2.